The van der Waals surface area contributed by atoms with E-state index in [1.165, 1.54) is 0 Å². The molecule has 0 aliphatic rings. The average Bonchev–Trinajstić information content (AvgIpc) is 2.27. The number of rotatable bonds is 10. The molecule has 17 heavy (non-hydrogen) atoms. The number of nitrogens with two attached hydrogens (primary N) is 1. The highest BCUT2D eigenvalue weighted by Gasteiger charge is 2.11. The first-order chi connectivity index (χ1) is 8.10. The molecule has 1 unspecified atom stereocenters. The van der Waals surface area contributed by atoms with Crippen molar-refractivity contribution in [1.82, 2.24) is 5.32 Å². The molecule has 0 radical (unpaired) electrons. The van der Waals surface area contributed by atoms with Gasteiger partial charge in [0.1, 0.15) is 0 Å². The summed E-state index contributed by atoms with van der Waals surface area (Å²) in [6.07, 6.45) is 1.28. The molecule has 5 heteroatoms. The van der Waals surface area contributed by atoms with Crippen molar-refractivity contribution in [2.45, 2.75) is 32.7 Å². The molecule has 3 N–H and O–H groups in total. The van der Waals surface area contributed by atoms with Gasteiger partial charge in [-0.1, -0.05) is 13.8 Å². The maximum atomic E-state index is 11.5. The summed E-state index contributed by atoms with van der Waals surface area (Å²) in [5, 5.41) is 2.91. The first-order valence-electron chi connectivity index (χ1n) is 6.16. The molecule has 0 heterocycles. The molecule has 0 aromatic rings. The van der Waals surface area contributed by atoms with Gasteiger partial charge in [0.2, 0.25) is 5.91 Å². The Morgan fingerprint density at radius 2 is 2.00 bits per heavy atom. The Hall–Kier alpha value is -0.650. The minimum Gasteiger partial charge on any atom is -0.382 e. The summed E-state index contributed by atoms with van der Waals surface area (Å²) in [7, 11) is 1.62. The van der Waals surface area contributed by atoms with Gasteiger partial charge in [-0.05, 0) is 12.3 Å². The van der Waals surface area contributed by atoms with Crippen LogP contribution in [0.2, 0.25) is 0 Å². The fourth-order valence-electron chi connectivity index (χ4n) is 1.49. The van der Waals surface area contributed by atoms with Crippen molar-refractivity contribution in [2.24, 2.45) is 11.7 Å². The van der Waals surface area contributed by atoms with E-state index in [0.29, 0.717) is 38.7 Å². The number of hydrogen-bond donors (Lipinski definition) is 2. The van der Waals surface area contributed by atoms with Crippen LogP contribution in [0.3, 0.4) is 0 Å². The van der Waals surface area contributed by atoms with Crippen molar-refractivity contribution in [2.75, 3.05) is 33.5 Å². The van der Waals surface area contributed by atoms with Gasteiger partial charge in [-0.2, -0.15) is 0 Å². The standard InChI is InChI=1S/C12H26N2O3/c1-10(2)8-11(9-13)14-12(15)4-5-17-7-6-16-3/h10-11H,4-9,13H2,1-3H3,(H,14,15). The third-order valence-electron chi connectivity index (χ3n) is 2.31. The number of ether oxygens (including phenoxy) is 2. The lowest BCUT2D eigenvalue weighted by Gasteiger charge is -2.18. The second kappa shape index (κ2) is 10.5. The number of amides is 1. The summed E-state index contributed by atoms with van der Waals surface area (Å²) in [4.78, 5) is 11.5. The predicted octanol–water partition coefficient (Wildman–Crippen LogP) is 0.529. The smallest absolute Gasteiger partial charge is 0.222 e. The molecule has 0 rings (SSSR count). The molecule has 0 fully saturated rings. The van der Waals surface area contributed by atoms with Gasteiger partial charge in [-0.15, -0.1) is 0 Å². The second-order valence-electron chi connectivity index (χ2n) is 4.48. The number of nitrogens with one attached hydrogen (secondary N) is 1. The normalized spacial score (nSPS) is 12.8. The van der Waals surface area contributed by atoms with Crippen LogP contribution in [0.15, 0.2) is 0 Å². The van der Waals surface area contributed by atoms with E-state index in [0.717, 1.165) is 6.42 Å². The monoisotopic (exact) mass is 246 g/mol. The minimum atomic E-state index is -0.00137. The topological polar surface area (TPSA) is 73.6 Å². The molecule has 0 saturated heterocycles. The molecule has 0 aliphatic heterocycles. The van der Waals surface area contributed by atoms with Crippen LogP contribution in [0.25, 0.3) is 0 Å². The zero-order valence-corrected chi connectivity index (χ0v) is 11.2. The summed E-state index contributed by atoms with van der Waals surface area (Å²) >= 11 is 0. The third-order valence-corrected chi connectivity index (χ3v) is 2.31. The zero-order chi connectivity index (χ0) is 13.1. The third kappa shape index (κ3) is 10.2. The first-order valence-corrected chi connectivity index (χ1v) is 6.16. The minimum absolute atomic E-state index is 0.00137. The summed E-state index contributed by atoms with van der Waals surface area (Å²) in [5.74, 6) is 0.528. The molecule has 1 atom stereocenters. The van der Waals surface area contributed by atoms with Gasteiger partial charge in [0.05, 0.1) is 19.8 Å². The molecule has 0 spiro atoms. The lowest BCUT2D eigenvalue weighted by Crippen LogP contribution is -2.41. The Morgan fingerprint density at radius 1 is 1.29 bits per heavy atom. The van der Waals surface area contributed by atoms with Crippen molar-refractivity contribution in [3.05, 3.63) is 0 Å². The number of carbonyl (C=O) groups excluding carboxylic acids is 1. The van der Waals surface area contributed by atoms with Gasteiger partial charge in [-0.3, -0.25) is 4.79 Å². The second-order valence-corrected chi connectivity index (χ2v) is 4.48. The highest BCUT2D eigenvalue weighted by molar-refractivity contribution is 5.76. The number of hydrogen-bond acceptors (Lipinski definition) is 4. The van der Waals surface area contributed by atoms with Gasteiger partial charge in [0.15, 0.2) is 0 Å². The van der Waals surface area contributed by atoms with Gasteiger partial charge < -0.3 is 20.5 Å². The Kier molecular flexibility index (Phi) is 10.1. The van der Waals surface area contributed by atoms with Crippen molar-refractivity contribution in [1.29, 1.82) is 0 Å². The van der Waals surface area contributed by atoms with E-state index in [2.05, 4.69) is 19.2 Å². The highest BCUT2D eigenvalue weighted by atomic mass is 16.5. The van der Waals surface area contributed by atoms with E-state index in [-0.39, 0.29) is 11.9 Å². The molecular formula is C12H26N2O3. The number of carbonyl (C=O) groups is 1. The fourth-order valence-corrected chi connectivity index (χ4v) is 1.49. The van der Waals surface area contributed by atoms with Gasteiger partial charge >= 0.3 is 0 Å². The van der Waals surface area contributed by atoms with Crippen LogP contribution in [0.4, 0.5) is 0 Å². The summed E-state index contributed by atoms with van der Waals surface area (Å²) < 4.78 is 10.1. The number of methoxy groups -OCH3 is 1. The van der Waals surface area contributed by atoms with Gasteiger partial charge in [0.25, 0.3) is 0 Å². The fraction of sp³-hybridized carbons (Fsp3) is 0.917. The average molecular weight is 246 g/mol. The highest BCUT2D eigenvalue weighted by Crippen LogP contribution is 2.03. The van der Waals surface area contributed by atoms with Crippen molar-refractivity contribution >= 4 is 5.91 Å². The van der Waals surface area contributed by atoms with E-state index >= 15 is 0 Å². The lowest BCUT2D eigenvalue weighted by atomic mass is 10.0. The van der Waals surface area contributed by atoms with Gasteiger partial charge in [0, 0.05) is 26.1 Å². The molecule has 0 bridgehead atoms. The van der Waals surface area contributed by atoms with E-state index < -0.39 is 0 Å². The zero-order valence-electron chi connectivity index (χ0n) is 11.2. The van der Waals surface area contributed by atoms with Crippen LogP contribution in [0.1, 0.15) is 26.7 Å². The van der Waals surface area contributed by atoms with Crippen LogP contribution < -0.4 is 11.1 Å². The summed E-state index contributed by atoms with van der Waals surface area (Å²) in [6.45, 7) is 6.21. The van der Waals surface area contributed by atoms with E-state index in [4.69, 9.17) is 15.2 Å². The SMILES string of the molecule is COCCOCCC(=O)NC(CN)CC(C)C. The molecule has 0 aromatic carbocycles. The summed E-state index contributed by atoms with van der Waals surface area (Å²) in [5.41, 5.74) is 5.60. The lowest BCUT2D eigenvalue weighted by molar-refractivity contribution is -0.123. The Morgan fingerprint density at radius 3 is 2.53 bits per heavy atom. The van der Waals surface area contributed by atoms with Crippen LogP contribution in [0.5, 0.6) is 0 Å². The van der Waals surface area contributed by atoms with E-state index in [1.54, 1.807) is 7.11 Å². The largest absolute Gasteiger partial charge is 0.382 e. The predicted molar refractivity (Wildman–Crippen MR) is 67.8 cm³/mol. The van der Waals surface area contributed by atoms with Crippen LogP contribution in [0, 0.1) is 5.92 Å². The Balaban J connectivity index is 3.61. The summed E-state index contributed by atoms with van der Waals surface area (Å²) in [6, 6.07) is 0.0708. The Labute approximate surface area is 104 Å². The first kappa shape index (κ1) is 16.4. The molecular weight excluding hydrogens is 220 g/mol. The van der Waals surface area contributed by atoms with Crippen LogP contribution in [-0.2, 0) is 14.3 Å². The molecule has 0 aromatic heterocycles. The molecule has 1 amide bonds. The van der Waals surface area contributed by atoms with E-state index in [9.17, 15) is 4.79 Å². The Bertz CT molecular complexity index is 198. The molecule has 0 aliphatic carbocycles. The van der Waals surface area contributed by atoms with Crippen molar-refractivity contribution < 1.29 is 14.3 Å². The molecule has 102 valence electrons. The van der Waals surface area contributed by atoms with Crippen molar-refractivity contribution in [3.63, 3.8) is 0 Å². The van der Waals surface area contributed by atoms with E-state index in [1.807, 2.05) is 0 Å². The van der Waals surface area contributed by atoms with Gasteiger partial charge in [-0.25, -0.2) is 0 Å². The molecule has 5 nitrogen and oxygen atoms in total. The van der Waals surface area contributed by atoms with Crippen LogP contribution >= 0.6 is 0 Å². The molecule has 0 saturated carbocycles. The quantitative estimate of drug-likeness (QED) is 0.551. The maximum Gasteiger partial charge on any atom is 0.222 e. The van der Waals surface area contributed by atoms with Crippen molar-refractivity contribution in [3.8, 4) is 0 Å². The maximum absolute atomic E-state index is 11.5. The van der Waals surface area contributed by atoms with Crippen LogP contribution in [-0.4, -0.2) is 45.4 Å².